The number of hydrogen-bond donors (Lipinski definition) is 1. The van der Waals surface area contributed by atoms with E-state index in [1.165, 1.54) is 13.8 Å². The molecule has 0 atom stereocenters. The monoisotopic (exact) mass is 176 g/mol. The van der Waals surface area contributed by atoms with Crippen molar-refractivity contribution in [2.24, 2.45) is 0 Å². The molecule has 5 heteroatoms. The Morgan fingerprint density at radius 2 is 1.64 bits per heavy atom. The molecule has 62 valence electrons. The summed E-state index contributed by atoms with van der Waals surface area (Å²) in [7, 11) is 0. The van der Waals surface area contributed by atoms with E-state index in [0.717, 1.165) is 0 Å². The van der Waals surface area contributed by atoms with Crippen molar-refractivity contribution in [2.45, 2.75) is 24.9 Å². The minimum Gasteiger partial charge on any atom is -0.422 e. The molecule has 1 aliphatic heterocycles. The van der Waals surface area contributed by atoms with Crippen molar-refractivity contribution in [3.05, 3.63) is 0 Å². The number of cyclic esters (lactones) is 2. The van der Waals surface area contributed by atoms with Crippen LogP contribution in [0.1, 0.15) is 13.8 Å². The van der Waals surface area contributed by atoms with E-state index in [1.54, 1.807) is 0 Å². The van der Waals surface area contributed by atoms with Gasteiger partial charge in [-0.25, -0.2) is 0 Å². The highest BCUT2D eigenvalue weighted by Crippen LogP contribution is 2.21. The van der Waals surface area contributed by atoms with Crippen LogP contribution in [0.15, 0.2) is 0 Å². The molecule has 0 radical (unpaired) electrons. The standard InChI is InChI=1S/C6H8O4S/c1-6(2)9-4(7)3(11)5(8)10-6/h3,11H,1-2H3. The average Bonchev–Trinajstić information content (AvgIpc) is 1.81. The molecule has 0 aromatic rings. The highest BCUT2D eigenvalue weighted by atomic mass is 32.1. The summed E-state index contributed by atoms with van der Waals surface area (Å²) in [6.45, 7) is 2.98. The lowest BCUT2D eigenvalue weighted by atomic mass is 10.3. The summed E-state index contributed by atoms with van der Waals surface area (Å²) in [5, 5.41) is -1.09. The van der Waals surface area contributed by atoms with Crippen molar-refractivity contribution >= 4 is 24.6 Å². The van der Waals surface area contributed by atoms with Crippen LogP contribution in [0.25, 0.3) is 0 Å². The van der Waals surface area contributed by atoms with Gasteiger partial charge in [0.1, 0.15) is 0 Å². The lowest BCUT2D eigenvalue weighted by molar-refractivity contribution is -0.229. The third-order valence-corrected chi connectivity index (χ3v) is 1.56. The second-order valence-electron chi connectivity index (χ2n) is 2.64. The Kier molecular flexibility index (Phi) is 1.83. The normalized spacial score (nSPS) is 24.3. The van der Waals surface area contributed by atoms with Crippen molar-refractivity contribution in [2.75, 3.05) is 0 Å². The number of carbonyl (C=O) groups excluding carboxylic acids is 2. The lowest BCUT2D eigenvalue weighted by Gasteiger charge is -2.31. The second kappa shape index (κ2) is 2.41. The topological polar surface area (TPSA) is 52.6 Å². The van der Waals surface area contributed by atoms with Gasteiger partial charge in [0.25, 0.3) is 5.79 Å². The Morgan fingerprint density at radius 3 is 2.00 bits per heavy atom. The van der Waals surface area contributed by atoms with E-state index in [1.807, 2.05) is 0 Å². The summed E-state index contributed by atoms with van der Waals surface area (Å²) in [6, 6.07) is 0. The van der Waals surface area contributed by atoms with Gasteiger partial charge < -0.3 is 9.47 Å². The first-order valence-electron chi connectivity index (χ1n) is 3.06. The van der Waals surface area contributed by atoms with Gasteiger partial charge in [-0.1, -0.05) is 0 Å². The van der Waals surface area contributed by atoms with E-state index in [9.17, 15) is 9.59 Å². The van der Waals surface area contributed by atoms with Crippen molar-refractivity contribution in [1.82, 2.24) is 0 Å². The number of hydrogen-bond acceptors (Lipinski definition) is 5. The molecular formula is C6H8O4S. The second-order valence-corrected chi connectivity index (χ2v) is 3.16. The maximum atomic E-state index is 10.8. The SMILES string of the molecule is CC1(C)OC(=O)C(S)C(=O)O1. The molecule has 0 N–H and O–H groups in total. The Labute approximate surface area is 69.3 Å². The summed E-state index contributed by atoms with van der Waals surface area (Å²) in [5.41, 5.74) is 0. The number of esters is 2. The van der Waals surface area contributed by atoms with Gasteiger partial charge in [0.05, 0.1) is 0 Å². The quantitative estimate of drug-likeness (QED) is 0.323. The third-order valence-electron chi connectivity index (χ3n) is 1.14. The van der Waals surface area contributed by atoms with Gasteiger partial charge in [-0.3, -0.25) is 9.59 Å². The summed E-state index contributed by atoms with van der Waals surface area (Å²) in [4.78, 5) is 21.6. The number of ether oxygens (including phenoxy) is 2. The third kappa shape index (κ3) is 1.65. The van der Waals surface area contributed by atoms with E-state index >= 15 is 0 Å². The van der Waals surface area contributed by atoms with Gasteiger partial charge in [0.2, 0.25) is 0 Å². The fourth-order valence-electron chi connectivity index (χ4n) is 0.713. The fourth-order valence-corrected chi connectivity index (χ4v) is 0.819. The van der Waals surface area contributed by atoms with Crippen molar-refractivity contribution in [3.63, 3.8) is 0 Å². The molecule has 1 rings (SSSR count). The van der Waals surface area contributed by atoms with Crippen molar-refractivity contribution in [1.29, 1.82) is 0 Å². The van der Waals surface area contributed by atoms with Crippen LogP contribution in [0.5, 0.6) is 0 Å². The van der Waals surface area contributed by atoms with E-state index in [-0.39, 0.29) is 0 Å². The number of carbonyl (C=O) groups is 2. The van der Waals surface area contributed by atoms with Crippen molar-refractivity contribution in [3.8, 4) is 0 Å². The average molecular weight is 176 g/mol. The summed E-state index contributed by atoms with van der Waals surface area (Å²) in [5.74, 6) is -2.46. The van der Waals surface area contributed by atoms with Crippen LogP contribution in [0.2, 0.25) is 0 Å². The van der Waals surface area contributed by atoms with Crippen LogP contribution in [0.3, 0.4) is 0 Å². The van der Waals surface area contributed by atoms with Crippen LogP contribution in [0.4, 0.5) is 0 Å². The minimum absolute atomic E-state index is 0.658. The maximum absolute atomic E-state index is 10.8. The zero-order chi connectivity index (χ0) is 8.65. The first kappa shape index (κ1) is 8.39. The predicted octanol–water partition coefficient (Wildman–Crippen LogP) is 0.121. The summed E-state index contributed by atoms with van der Waals surface area (Å²) >= 11 is 3.68. The van der Waals surface area contributed by atoms with Crippen LogP contribution in [-0.4, -0.2) is 23.0 Å². The largest absolute Gasteiger partial charge is 0.422 e. The molecule has 11 heavy (non-hydrogen) atoms. The predicted molar refractivity (Wildman–Crippen MR) is 39.0 cm³/mol. The zero-order valence-electron chi connectivity index (χ0n) is 6.16. The molecule has 1 saturated heterocycles. The molecule has 1 heterocycles. The molecule has 0 aromatic carbocycles. The maximum Gasteiger partial charge on any atom is 0.333 e. The van der Waals surface area contributed by atoms with Gasteiger partial charge in [0, 0.05) is 13.8 Å². The Balaban J connectivity index is 2.78. The first-order valence-corrected chi connectivity index (χ1v) is 3.58. The van der Waals surface area contributed by atoms with Crippen LogP contribution < -0.4 is 0 Å². The summed E-state index contributed by atoms with van der Waals surface area (Å²) < 4.78 is 9.40. The Hall–Kier alpha value is -0.710. The fraction of sp³-hybridized carbons (Fsp3) is 0.667. The molecule has 0 unspecified atom stereocenters. The van der Waals surface area contributed by atoms with E-state index in [0.29, 0.717) is 0 Å². The highest BCUT2D eigenvalue weighted by molar-refractivity contribution is 7.82. The van der Waals surface area contributed by atoms with Gasteiger partial charge in [-0.05, 0) is 0 Å². The van der Waals surface area contributed by atoms with Crippen LogP contribution in [0, 0.1) is 0 Å². The molecule has 0 amide bonds. The van der Waals surface area contributed by atoms with Crippen LogP contribution >= 0.6 is 12.6 Å². The molecule has 0 aromatic heterocycles. The van der Waals surface area contributed by atoms with Gasteiger partial charge in [0.15, 0.2) is 5.25 Å². The van der Waals surface area contributed by atoms with Gasteiger partial charge in [-0.15, -0.1) is 0 Å². The van der Waals surface area contributed by atoms with E-state index in [4.69, 9.17) is 9.47 Å². The molecular weight excluding hydrogens is 168 g/mol. The smallest absolute Gasteiger partial charge is 0.333 e. The van der Waals surface area contributed by atoms with Gasteiger partial charge >= 0.3 is 11.9 Å². The molecule has 0 saturated carbocycles. The first-order chi connectivity index (χ1) is 4.92. The number of thiol groups is 1. The molecule has 4 nitrogen and oxygen atoms in total. The molecule has 0 spiro atoms. The van der Waals surface area contributed by atoms with E-state index in [2.05, 4.69) is 12.6 Å². The molecule has 0 bridgehead atoms. The zero-order valence-corrected chi connectivity index (χ0v) is 7.05. The number of rotatable bonds is 0. The summed E-state index contributed by atoms with van der Waals surface area (Å²) in [6.07, 6.45) is 0. The lowest BCUT2D eigenvalue weighted by Crippen LogP contribution is -2.47. The Morgan fingerprint density at radius 1 is 1.27 bits per heavy atom. The highest BCUT2D eigenvalue weighted by Gasteiger charge is 2.41. The van der Waals surface area contributed by atoms with Gasteiger partial charge in [-0.2, -0.15) is 12.6 Å². The molecule has 1 fully saturated rings. The minimum atomic E-state index is -1.15. The van der Waals surface area contributed by atoms with Crippen molar-refractivity contribution < 1.29 is 19.1 Å². The van der Waals surface area contributed by atoms with E-state index < -0.39 is 23.0 Å². The Bertz CT molecular complexity index is 191. The molecule has 0 aliphatic carbocycles. The van der Waals surface area contributed by atoms with Crippen LogP contribution in [-0.2, 0) is 19.1 Å². The molecule has 1 aliphatic rings.